The van der Waals surface area contributed by atoms with Gasteiger partial charge in [-0.2, -0.15) is 5.10 Å². The number of hydrogen-bond donors (Lipinski definition) is 1. The summed E-state index contributed by atoms with van der Waals surface area (Å²) < 4.78 is 5.32. The predicted molar refractivity (Wildman–Crippen MR) is 78.5 cm³/mol. The molecular weight excluding hydrogens is 250 g/mol. The van der Waals surface area contributed by atoms with E-state index in [0.29, 0.717) is 5.92 Å². The summed E-state index contributed by atoms with van der Waals surface area (Å²) in [6.07, 6.45) is 5.21. The Balaban J connectivity index is 1.78. The quantitative estimate of drug-likeness (QED) is 0.919. The Hall–Kier alpha value is -1.68. The first-order valence-corrected chi connectivity index (χ1v) is 7.33. The van der Waals surface area contributed by atoms with Crippen LogP contribution in [0.4, 0.5) is 0 Å². The average Bonchev–Trinajstić information content (AvgIpc) is 3.17. The standard InChI is InChI=1S/C16H21N3O/c1-11(20-2)12-7-9-14(10-8-12)16-17-15(18-19-16)13-5-3-4-6-13/h7-11,13H,3-6H2,1-2H3,(H,17,18,19). The van der Waals surface area contributed by atoms with E-state index in [1.807, 2.05) is 6.92 Å². The lowest BCUT2D eigenvalue weighted by Crippen LogP contribution is -1.95. The molecule has 0 amide bonds. The molecule has 1 aromatic heterocycles. The van der Waals surface area contributed by atoms with Crippen molar-refractivity contribution in [3.63, 3.8) is 0 Å². The van der Waals surface area contributed by atoms with E-state index in [9.17, 15) is 0 Å². The highest BCUT2D eigenvalue weighted by molar-refractivity contribution is 5.55. The number of nitrogens with one attached hydrogen (secondary N) is 1. The molecular formula is C16H21N3O. The third-order valence-corrected chi connectivity index (χ3v) is 4.24. The lowest BCUT2D eigenvalue weighted by Gasteiger charge is -2.09. The number of H-pyrrole nitrogens is 1. The van der Waals surface area contributed by atoms with Crippen LogP contribution >= 0.6 is 0 Å². The number of rotatable bonds is 4. The van der Waals surface area contributed by atoms with Crippen LogP contribution in [0.3, 0.4) is 0 Å². The van der Waals surface area contributed by atoms with Gasteiger partial charge in [-0.1, -0.05) is 37.1 Å². The van der Waals surface area contributed by atoms with Gasteiger partial charge in [0.05, 0.1) is 6.10 Å². The zero-order valence-electron chi connectivity index (χ0n) is 12.1. The minimum absolute atomic E-state index is 0.116. The topological polar surface area (TPSA) is 50.8 Å². The maximum Gasteiger partial charge on any atom is 0.181 e. The van der Waals surface area contributed by atoms with E-state index in [4.69, 9.17) is 4.74 Å². The van der Waals surface area contributed by atoms with E-state index < -0.39 is 0 Å². The Labute approximate surface area is 119 Å². The molecule has 4 nitrogen and oxygen atoms in total. The van der Waals surface area contributed by atoms with Crippen LogP contribution in [0.2, 0.25) is 0 Å². The van der Waals surface area contributed by atoms with Crippen LogP contribution in [0.15, 0.2) is 24.3 Å². The first-order chi connectivity index (χ1) is 9.78. The van der Waals surface area contributed by atoms with E-state index >= 15 is 0 Å². The largest absolute Gasteiger partial charge is 0.377 e. The second-order valence-electron chi connectivity index (χ2n) is 5.53. The van der Waals surface area contributed by atoms with Gasteiger partial charge < -0.3 is 4.74 Å². The highest BCUT2D eigenvalue weighted by Gasteiger charge is 2.20. The van der Waals surface area contributed by atoms with Gasteiger partial charge in [-0.3, -0.25) is 5.10 Å². The van der Waals surface area contributed by atoms with Gasteiger partial charge >= 0.3 is 0 Å². The monoisotopic (exact) mass is 271 g/mol. The highest BCUT2D eigenvalue weighted by atomic mass is 16.5. The summed E-state index contributed by atoms with van der Waals surface area (Å²) in [5, 5.41) is 7.47. The molecule has 1 unspecified atom stereocenters. The number of benzene rings is 1. The summed E-state index contributed by atoms with van der Waals surface area (Å²) in [6, 6.07) is 8.28. The van der Waals surface area contributed by atoms with Gasteiger partial charge in [-0.25, -0.2) is 4.98 Å². The molecule has 1 saturated carbocycles. The summed E-state index contributed by atoms with van der Waals surface area (Å²) >= 11 is 0. The highest BCUT2D eigenvalue weighted by Crippen LogP contribution is 2.32. The average molecular weight is 271 g/mol. The Morgan fingerprint density at radius 3 is 2.55 bits per heavy atom. The number of methoxy groups -OCH3 is 1. The van der Waals surface area contributed by atoms with E-state index in [-0.39, 0.29) is 6.10 Å². The third-order valence-electron chi connectivity index (χ3n) is 4.24. The fraction of sp³-hybridized carbons (Fsp3) is 0.500. The molecule has 1 atom stereocenters. The number of nitrogens with zero attached hydrogens (tertiary/aromatic N) is 2. The van der Waals surface area contributed by atoms with Crippen molar-refractivity contribution in [2.24, 2.45) is 0 Å². The van der Waals surface area contributed by atoms with Crippen LogP contribution in [-0.2, 0) is 4.74 Å². The fourth-order valence-electron chi connectivity index (χ4n) is 2.82. The van der Waals surface area contributed by atoms with E-state index in [2.05, 4.69) is 39.4 Å². The molecule has 106 valence electrons. The van der Waals surface area contributed by atoms with Gasteiger partial charge in [0.2, 0.25) is 0 Å². The molecule has 1 aromatic carbocycles. The van der Waals surface area contributed by atoms with Crippen LogP contribution in [0.25, 0.3) is 11.4 Å². The molecule has 0 bridgehead atoms. The Bertz CT molecular complexity index is 555. The lowest BCUT2D eigenvalue weighted by atomic mass is 10.1. The van der Waals surface area contributed by atoms with Crippen molar-refractivity contribution in [2.45, 2.75) is 44.6 Å². The molecule has 1 aliphatic rings. The number of aromatic amines is 1. The molecule has 1 heterocycles. The van der Waals surface area contributed by atoms with Crippen molar-refractivity contribution in [1.29, 1.82) is 0 Å². The van der Waals surface area contributed by atoms with Crippen LogP contribution < -0.4 is 0 Å². The molecule has 0 aliphatic heterocycles. The van der Waals surface area contributed by atoms with Crippen LogP contribution in [0, 0.1) is 0 Å². The van der Waals surface area contributed by atoms with E-state index in [0.717, 1.165) is 17.2 Å². The van der Waals surface area contributed by atoms with E-state index in [1.54, 1.807) is 7.11 Å². The normalized spacial score (nSPS) is 17.5. The zero-order valence-corrected chi connectivity index (χ0v) is 12.1. The molecule has 0 spiro atoms. The molecule has 1 aliphatic carbocycles. The van der Waals surface area contributed by atoms with Crippen molar-refractivity contribution < 1.29 is 4.74 Å². The fourth-order valence-corrected chi connectivity index (χ4v) is 2.82. The van der Waals surface area contributed by atoms with Crippen molar-refractivity contribution in [3.05, 3.63) is 35.7 Å². The van der Waals surface area contributed by atoms with Gasteiger partial charge in [-0.15, -0.1) is 0 Å². The summed E-state index contributed by atoms with van der Waals surface area (Å²) in [5.74, 6) is 2.42. The molecule has 1 N–H and O–H groups in total. The molecule has 2 aromatic rings. The predicted octanol–water partition coefficient (Wildman–Crippen LogP) is 3.84. The van der Waals surface area contributed by atoms with E-state index in [1.165, 1.54) is 31.2 Å². The number of aromatic nitrogens is 3. The second-order valence-corrected chi connectivity index (χ2v) is 5.53. The minimum Gasteiger partial charge on any atom is -0.377 e. The van der Waals surface area contributed by atoms with Gasteiger partial charge in [0.15, 0.2) is 5.82 Å². The number of ether oxygens (including phenoxy) is 1. The molecule has 0 radical (unpaired) electrons. The molecule has 3 rings (SSSR count). The van der Waals surface area contributed by atoms with Crippen molar-refractivity contribution in [1.82, 2.24) is 15.2 Å². The maximum absolute atomic E-state index is 5.32. The minimum atomic E-state index is 0.116. The Kier molecular flexibility index (Phi) is 3.83. The van der Waals surface area contributed by atoms with Gasteiger partial charge in [0.25, 0.3) is 0 Å². The number of hydrogen-bond acceptors (Lipinski definition) is 3. The lowest BCUT2D eigenvalue weighted by molar-refractivity contribution is 0.119. The molecule has 20 heavy (non-hydrogen) atoms. The van der Waals surface area contributed by atoms with Crippen molar-refractivity contribution >= 4 is 0 Å². The van der Waals surface area contributed by atoms with Gasteiger partial charge in [0, 0.05) is 18.6 Å². The summed E-state index contributed by atoms with van der Waals surface area (Å²) in [5.41, 5.74) is 2.22. The smallest absolute Gasteiger partial charge is 0.181 e. The molecule has 0 saturated heterocycles. The van der Waals surface area contributed by atoms with Crippen LogP contribution in [0.1, 0.15) is 56.0 Å². The van der Waals surface area contributed by atoms with Crippen LogP contribution in [-0.4, -0.2) is 22.3 Å². The van der Waals surface area contributed by atoms with Gasteiger partial charge in [0.1, 0.15) is 5.82 Å². The van der Waals surface area contributed by atoms with Crippen molar-refractivity contribution in [3.8, 4) is 11.4 Å². The van der Waals surface area contributed by atoms with Crippen molar-refractivity contribution in [2.75, 3.05) is 7.11 Å². The third kappa shape index (κ3) is 2.61. The van der Waals surface area contributed by atoms with Crippen LogP contribution in [0.5, 0.6) is 0 Å². The molecule has 4 heteroatoms. The SMILES string of the molecule is COC(C)c1ccc(-c2n[nH]c(C3CCCC3)n2)cc1. The second kappa shape index (κ2) is 5.75. The summed E-state index contributed by atoms with van der Waals surface area (Å²) in [4.78, 5) is 4.66. The molecule has 1 fully saturated rings. The first kappa shape index (κ1) is 13.3. The maximum atomic E-state index is 5.32. The first-order valence-electron chi connectivity index (χ1n) is 7.33. The Morgan fingerprint density at radius 2 is 1.90 bits per heavy atom. The summed E-state index contributed by atoms with van der Waals surface area (Å²) in [6.45, 7) is 2.04. The van der Waals surface area contributed by atoms with Gasteiger partial charge in [-0.05, 0) is 25.3 Å². The Morgan fingerprint density at radius 1 is 1.20 bits per heavy atom. The summed E-state index contributed by atoms with van der Waals surface area (Å²) in [7, 11) is 1.72. The zero-order chi connectivity index (χ0) is 13.9.